The van der Waals surface area contributed by atoms with E-state index in [0.29, 0.717) is 18.0 Å². The molecule has 0 aliphatic carbocycles. The van der Waals surface area contributed by atoms with E-state index in [0.717, 1.165) is 18.8 Å². The Morgan fingerprint density at radius 1 is 1.72 bits per heavy atom. The van der Waals surface area contributed by atoms with Crippen LogP contribution in [0, 0.1) is 0 Å². The van der Waals surface area contributed by atoms with Gasteiger partial charge in [-0.15, -0.1) is 0 Å². The Hall–Kier alpha value is -1.38. The van der Waals surface area contributed by atoms with Crippen LogP contribution in [0.2, 0.25) is 0 Å². The third-order valence-electron chi connectivity index (χ3n) is 1.29. The van der Waals surface area contributed by atoms with Crippen molar-refractivity contribution in [2.75, 3.05) is 20.3 Å². The van der Waals surface area contributed by atoms with Gasteiger partial charge in [0.15, 0.2) is 0 Å². The lowest BCUT2D eigenvalue weighted by molar-refractivity contribution is -0.109. The summed E-state index contributed by atoms with van der Waals surface area (Å²) in [5, 5.41) is 0. The number of nitrogens with one attached hydrogen (secondary N) is 1. The Labute approximate surface area is 114 Å². The molecular weight excluding hydrogens is 254 g/mol. The van der Waals surface area contributed by atoms with E-state index in [-0.39, 0.29) is 7.43 Å². The summed E-state index contributed by atoms with van der Waals surface area (Å²) in [6, 6.07) is 0. The highest BCUT2D eigenvalue weighted by Crippen LogP contribution is 1.87. The Balaban J connectivity index is -0.000000198. The fourth-order valence-electron chi connectivity index (χ4n) is 0.545. The van der Waals surface area contributed by atoms with E-state index >= 15 is 0 Å². The Morgan fingerprint density at radius 2 is 2.22 bits per heavy atom. The number of hydrogen-bond donors (Lipinski definition) is 3. The van der Waals surface area contributed by atoms with Crippen molar-refractivity contribution in [1.82, 2.24) is 5.43 Å². The van der Waals surface area contributed by atoms with E-state index < -0.39 is 0 Å². The highest BCUT2D eigenvalue weighted by atomic mass is 32.1. The van der Waals surface area contributed by atoms with Crippen LogP contribution in [0.15, 0.2) is 9.98 Å². The van der Waals surface area contributed by atoms with Crippen molar-refractivity contribution in [3.63, 3.8) is 0 Å². The molecule has 0 aromatic rings. The summed E-state index contributed by atoms with van der Waals surface area (Å²) in [6.07, 6.45) is 2.99. The minimum atomic E-state index is 0. The predicted molar refractivity (Wildman–Crippen MR) is 79.9 cm³/mol. The van der Waals surface area contributed by atoms with Gasteiger partial charge in [-0.05, 0) is 6.42 Å². The summed E-state index contributed by atoms with van der Waals surface area (Å²) in [6.45, 7) is 3.19. The van der Waals surface area contributed by atoms with Gasteiger partial charge in [0.1, 0.15) is 12.4 Å². The maximum Gasteiger partial charge on any atom is 0.221 e. The van der Waals surface area contributed by atoms with Crippen LogP contribution < -0.4 is 17.0 Å². The third kappa shape index (κ3) is 20.1. The Morgan fingerprint density at radius 3 is 2.44 bits per heavy atom. The number of aliphatic imine (C=N–C) groups is 2. The van der Waals surface area contributed by atoms with Crippen molar-refractivity contribution < 1.29 is 9.53 Å². The van der Waals surface area contributed by atoms with E-state index in [4.69, 9.17) is 15.3 Å². The highest BCUT2D eigenvalue weighted by molar-refractivity contribution is 7.80. The van der Waals surface area contributed by atoms with Gasteiger partial charge in [0.05, 0.1) is 11.5 Å². The van der Waals surface area contributed by atoms with Gasteiger partial charge >= 0.3 is 0 Å². The number of ether oxygens (including phenoxy) is 1. The van der Waals surface area contributed by atoms with E-state index in [1.54, 1.807) is 18.8 Å². The number of hydrogen-bond acceptors (Lipinski definition) is 6. The van der Waals surface area contributed by atoms with Crippen LogP contribution in [0.5, 0.6) is 0 Å². The molecule has 0 spiro atoms. The van der Waals surface area contributed by atoms with Crippen molar-refractivity contribution in [1.29, 1.82) is 0 Å². The van der Waals surface area contributed by atoms with Crippen LogP contribution in [0.25, 0.3) is 0 Å². The molecular formula is C10H23N5O2S. The first-order valence-electron chi connectivity index (χ1n) is 4.85. The lowest BCUT2D eigenvalue weighted by Gasteiger charge is -1.90. The Kier molecular flexibility index (Phi) is 21.9. The predicted octanol–water partition coefficient (Wildman–Crippen LogP) is 0.0404. The molecule has 18 heavy (non-hydrogen) atoms. The molecule has 0 saturated carbocycles. The topological polar surface area (TPSA) is 115 Å². The van der Waals surface area contributed by atoms with E-state index in [1.165, 1.54) is 0 Å². The number of amides is 1. The van der Waals surface area contributed by atoms with Gasteiger partial charge in [0.2, 0.25) is 6.41 Å². The van der Waals surface area contributed by atoms with Gasteiger partial charge in [-0.1, -0.05) is 26.6 Å². The van der Waals surface area contributed by atoms with Gasteiger partial charge in [-0.3, -0.25) is 15.2 Å². The molecule has 0 fully saturated rings. The molecule has 0 saturated heterocycles. The second kappa shape index (κ2) is 18.0. The van der Waals surface area contributed by atoms with Crippen molar-refractivity contribution in [3.8, 4) is 0 Å². The quantitative estimate of drug-likeness (QED) is 0.221. The van der Waals surface area contributed by atoms with Crippen LogP contribution in [-0.2, 0) is 9.53 Å². The SMILES string of the molecule is C.CCC(N)=S.COCC1=NCC=N1.NNC=O. The molecule has 0 aromatic heterocycles. The molecule has 0 radical (unpaired) electrons. The van der Waals surface area contributed by atoms with E-state index in [1.807, 2.05) is 6.92 Å². The summed E-state index contributed by atoms with van der Waals surface area (Å²) in [5.41, 5.74) is 6.77. The van der Waals surface area contributed by atoms with Gasteiger partial charge in [-0.2, -0.15) is 0 Å². The normalized spacial score (nSPS) is 10.7. The molecule has 8 heteroatoms. The van der Waals surface area contributed by atoms with Crippen molar-refractivity contribution in [3.05, 3.63) is 0 Å². The first-order chi connectivity index (χ1) is 8.12. The third-order valence-corrected chi connectivity index (χ3v) is 1.57. The van der Waals surface area contributed by atoms with Crippen LogP contribution >= 0.6 is 12.2 Å². The summed E-state index contributed by atoms with van der Waals surface area (Å²) in [7, 11) is 1.64. The zero-order valence-electron chi connectivity index (χ0n) is 10.0. The van der Waals surface area contributed by atoms with E-state index in [9.17, 15) is 0 Å². The van der Waals surface area contributed by atoms with Gasteiger partial charge in [0, 0.05) is 13.3 Å². The average Bonchev–Trinajstić information content (AvgIpc) is 2.83. The number of nitrogens with zero attached hydrogens (tertiary/aromatic N) is 2. The number of methoxy groups -OCH3 is 1. The number of carbonyl (C=O) groups is 1. The molecule has 0 bridgehead atoms. The minimum absolute atomic E-state index is 0. The van der Waals surface area contributed by atoms with Gasteiger partial charge in [-0.25, -0.2) is 10.8 Å². The first-order valence-corrected chi connectivity index (χ1v) is 5.26. The largest absolute Gasteiger partial charge is 0.393 e. The second-order valence-corrected chi connectivity index (χ2v) is 3.13. The lowest BCUT2D eigenvalue weighted by atomic mass is 10.5. The lowest BCUT2D eigenvalue weighted by Crippen LogP contribution is -2.18. The van der Waals surface area contributed by atoms with Crippen molar-refractivity contribution in [2.24, 2.45) is 21.6 Å². The molecule has 106 valence electrons. The van der Waals surface area contributed by atoms with Crippen LogP contribution in [0.1, 0.15) is 20.8 Å². The second-order valence-electron chi connectivity index (χ2n) is 2.61. The number of carbonyl (C=O) groups excluding carboxylic acids is 1. The van der Waals surface area contributed by atoms with Crippen LogP contribution in [-0.4, -0.2) is 43.7 Å². The van der Waals surface area contributed by atoms with Crippen LogP contribution in [0.3, 0.4) is 0 Å². The molecule has 1 aliphatic rings. The van der Waals surface area contributed by atoms with Gasteiger partial charge < -0.3 is 10.5 Å². The molecule has 0 aromatic carbocycles. The minimum Gasteiger partial charge on any atom is -0.393 e. The molecule has 1 amide bonds. The summed E-state index contributed by atoms with van der Waals surface area (Å²) >= 11 is 4.47. The average molecular weight is 277 g/mol. The molecule has 1 heterocycles. The smallest absolute Gasteiger partial charge is 0.221 e. The molecule has 0 atom stereocenters. The van der Waals surface area contributed by atoms with Crippen molar-refractivity contribution >= 4 is 35.7 Å². The molecule has 1 aliphatic heterocycles. The number of hydrazine groups is 1. The Bertz CT molecular complexity index is 269. The maximum absolute atomic E-state index is 8.94. The van der Waals surface area contributed by atoms with Crippen LogP contribution in [0.4, 0.5) is 0 Å². The van der Waals surface area contributed by atoms with Gasteiger partial charge in [0.25, 0.3) is 0 Å². The molecule has 5 N–H and O–H groups in total. The maximum atomic E-state index is 8.94. The summed E-state index contributed by atoms with van der Waals surface area (Å²) in [4.78, 5) is 17.4. The zero-order chi connectivity index (χ0) is 13.5. The van der Waals surface area contributed by atoms with E-state index in [2.05, 4.69) is 28.0 Å². The fourth-order valence-corrected chi connectivity index (χ4v) is 0.545. The highest BCUT2D eigenvalue weighted by Gasteiger charge is 1.96. The molecule has 1 rings (SSSR count). The van der Waals surface area contributed by atoms with Crippen molar-refractivity contribution in [2.45, 2.75) is 20.8 Å². The standard InChI is InChI=1S/C5H8N2O.C3H7NS.CH4N2O.CH4/c1-8-4-5-6-2-3-7-5;1-2-3(4)5;2-3-1-4;/h2H,3-4H2,1H3;2H2,1H3,(H2,4,5);1H,2H2,(H,3,4);1H4. The fraction of sp³-hybridized carbons (Fsp3) is 0.600. The number of rotatable bonds is 4. The molecule has 0 unspecified atom stereocenters. The number of amidine groups is 1. The number of thiocarbonyl (C=S) groups is 1. The molecule has 7 nitrogen and oxygen atoms in total. The summed E-state index contributed by atoms with van der Waals surface area (Å²) in [5.74, 6) is 5.21. The zero-order valence-corrected chi connectivity index (χ0v) is 10.9. The first kappa shape index (κ1) is 21.9. The summed E-state index contributed by atoms with van der Waals surface area (Å²) < 4.78 is 4.78. The monoisotopic (exact) mass is 277 g/mol. The number of nitrogens with two attached hydrogens (primary N) is 2.